The fourth-order valence-electron chi connectivity index (χ4n) is 2.16. The van der Waals surface area contributed by atoms with E-state index in [9.17, 15) is 9.90 Å². The number of methoxy groups -OCH3 is 1. The molecule has 0 fully saturated rings. The quantitative estimate of drug-likeness (QED) is 0.668. The summed E-state index contributed by atoms with van der Waals surface area (Å²) in [5.41, 5.74) is 1.08. The Morgan fingerprint density at radius 3 is 2.79 bits per heavy atom. The van der Waals surface area contributed by atoms with Gasteiger partial charge in [-0.25, -0.2) is 0 Å². The van der Waals surface area contributed by atoms with Crippen LogP contribution < -0.4 is 10.6 Å². The van der Waals surface area contributed by atoms with Crippen LogP contribution in [0.4, 0.5) is 11.4 Å². The number of anilines is 2. The van der Waals surface area contributed by atoms with Crippen LogP contribution >= 0.6 is 11.6 Å². The molecule has 1 aromatic carbocycles. The van der Waals surface area contributed by atoms with Crippen LogP contribution in [0.25, 0.3) is 10.9 Å². The van der Waals surface area contributed by atoms with Crippen LogP contribution in [0.5, 0.6) is 0 Å². The zero-order valence-electron chi connectivity index (χ0n) is 14.0. The Hall–Kier alpha value is -1.89. The first-order valence-electron chi connectivity index (χ1n) is 7.59. The summed E-state index contributed by atoms with van der Waals surface area (Å²) >= 11 is 5.98. The van der Waals surface area contributed by atoms with Gasteiger partial charge in [0.25, 0.3) is 0 Å². The molecule has 2 aromatic rings. The predicted octanol–water partition coefficient (Wildman–Crippen LogP) is 2.61. The number of amides is 1. The highest BCUT2D eigenvalue weighted by atomic mass is 35.5. The van der Waals surface area contributed by atoms with Gasteiger partial charge in [-0.2, -0.15) is 0 Å². The number of hydrogen-bond donors (Lipinski definition) is 3. The van der Waals surface area contributed by atoms with E-state index >= 15 is 0 Å². The minimum atomic E-state index is -0.906. The summed E-state index contributed by atoms with van der Waals surface area (Å²) in [4.78, 5) is 16.5. The van der Waals surface area contributed by atoms with Gasteiger partial charge in [-0.05, 0) is 19.9 Å². The number of para-hydroxylation sites is 1. The van der Waals surface area contributed by atoms with Crippen molar-refractivity contribution in [1.82, 2.24) is 4.98 Å². The molecular weight excluding hydrogens is 330 g/mol. The van der Waals surface area contributed by atoms with Crippen molar-refractivity contribution in [2.75, 3.05) is 30.9 Å². The minimum absolute atomic E-state index is 0.112. The van der Waals surface area contributed by atoms with E-state index in [1.54, 1.807) is 20.0 Å². The van der Waals surface area contributed by atoms with E-state index in [1.165, 1.54) is 7.11 Å². The molecule has 24 heavy (non-hydrogen) atoms. The summed E-state index contributed by atoms with van der Waals surface area (Å²) in [6.07, 6.45) is 1.57. The van der Waals surface area contributed by atoms with Gasteiger partial charge in [0.05, 0.1) is 35.3 Å². The van der Waals surface area contributed by atoms with Crippen molar-refractivity contribution in [3.05, 3.63) is 30.5 Å². The molecule has 3 N–H and O–H groups in total. The zero-order chi connectivity index (χ0) is 17.7. The standard InChI is InChI=1S/C17H22ClN3O3/c1-17(2,23)10-20-15-11-6-4-5-7-13(11)19-8-14(15)21-16(22)12(18)9-24-3/h4-8,12,23H,9-10H2,1-3H3,(H,19,20)(H,21,22). The lowest BCUT2D eigenvalue weighted by Crippen LogP contribution is -2.31. The minimum Gasteiger partial charge on any atom is -0.389 e. The Morgan fingerprint density at radius 2 is 2.12 bits per heavy atom. The Morgan fingerprint density at radius 1 is 1.42 bits per heavy atom. The highest BCUT2D eigenvalue weighted by Gasteiger charge is 2.19. The van der Waals surface area contributed by atoms with Crippen molar-refractivity contribution in [1.29, 1.82) is 0 Å². The van der Waals surface area contributed by atoms with Crippen LogP contribution in [-0.4, -0.2) is 47.2 Å². The zero-order valence-corrected chi connectivity index (χ0v) is 14.7. The SMILES string of the molecule is COCC(Cl)C(=O)Nc1cnc2ccccc2c1NCC(C)(C)O. The van der Waals surface area contributed by atoms with Gasteiger partial charge >= 0.3 is 0 Å². The Kier molecular flexibility index (Phi) is 5.99. The summed E-state index contributed by atoms with van der Waals surface area (Å²) in [5, 5.41) is 16.0. The molecular formula is C17H22ClN3O3. The van der Waals surface area contributed by atoms with E-state index < -0.39 is 11.0 Å². The molecule has 0 saturated carbocycles. The fraction of sp³-hybridized carbons (Fsp3) is 0.412. The van der Waals surface area contributed by atoms with E-state index in [-0.39, 0.29) is 12.5 Å². The maximum atomic E-state index is 12.2. The Bertz CT molecular complexity index is 716. The number of aliphatic hydroxyl groups is 1. The van der Waals surface area contributed by atoms with Crippen molar-refractivity contribution in [2.45, 2.75) is 24.8 Å². The maximum Gasteiger partial charge on any atom is 0.244 e. The van der Waals surface area contributed by atoms with E-state index in [1.807, 2.05) is 24.3 Å². The first kappa shape index (κ1) is 18.4. The number of halogens is 1. The molecule has 2 rings (SSSR count). The largest absolute Gasteiger partial charge is 0.389 e. The Labute approximate surface area is 146 Å². The molecule has 6 nitrogen and oxygen atoms in total. The van der Waals surface area contributed by atoms with Crippen LogP contribution in [-0.2, 0) is 9.53 Å². The Balaban J connectivity index is 2.35. The van der Waals surface area contributed by atoms with Crippen LogP contribution in [0.1, 0.15) is 13.8 Å². The number of hydrogen-bond acceptors (Lipinski definition) is 5. The number of benzene rings is 1. The molecule has 1 aromatic heterocycles. The van der Waals surface area contributed by atoms with Crippen molar-refractivity contribution in [2.24, 2.45) is 0 Å². The van der Waals surface area contributed by atoms with E-state index in [0.717, 1.165) is 10.9 Å². The topological polar surface area (TPSA) is 83.5 Å². The van der Waals surface area contributed by atoms with Crippen molar-refractivity contribution < 1.29 is 14.6 Å². The third-order valence-corrected chi connectivity index (χ3v) is 3.65. The number of nitrogens with zero attached hydrogens (tertiary/aromatic N) is 1. The van der Waals surface area contributed by atoms with Gasteiger partial charge in [-0.3, -0.25) is 9.78 Å². The number of aromatic nitrogens is 1. The number of rotatable bonds is 7. The van der Waals surface area contributed by atoms with Gasteiger partial charge in [0.2, 0.25) is 5.91 Å². The highest BCUT2D eigenvalue weighted by Crippen LogP contribution is 2.30. The summed E-state index contributed by atoms with van der Waals surface area (Å²) in [6.45, 7) is 3.83. The smallest absolute Gasteiger partial charge is 0.244 e. The maximum absolute atomic E-state index is 12.2. The van der Waals surface area contributed by atoms with Crippen LogP contribution in [0.15, 0.2) is 30.5 Å². The molecule has 0 aliphatic carbocycles. The lowest BCUT2D eigenvalue weighted by Gasteiger charge is -2.22. The number of pyridine rings is 1. The van der Waals surface area contributed by atoms with Gasteiger partial charge in [0.15, 0.2) is 0 Å². The second kappa shape index (κ2) is 7.79. The van der Waals surface area contributed by atoms with Crippen LogP contribution in [0.3, 0.4) is 0 Å². The molecule has 0 radical (unpaired) electrons. The van der Waals surface area contributed by atoms with E-state index in [2.05, 4.69) is 15.6 Å². The normalized spacial score (nSPS) is 12.9. The fourth-order valence-corrected chi connectivity index (χ4v) is 2.34. The summed E-state index contributed by atoms with van der Waals surface area (Å²) in [6, 6.07) is 7.56. The summed E-state index contributed by atoms with van der Waals surface area (Å²) in [5.74, 6) is -0.373. The lowest BCUT2D eigenvalue weighted by atomic mass is 10.1. The molecule has 0 saturated heterocycles. The molecule has 1 unspecified atom stereocenters. The van der Waals surface area contributed by atoms with Gasteiger partial charge in [-0.15, -0.1) is 11.6 Å². The van der Waals surface area contributed by atoms with Crippen molar-refractivity contribution >= 4 is 39.8 Å². The second-order valence-electron chi connectivity index (χ2n) is 6.14. The number of carbonyl (C=O) groups is 1. The van der Waals surface area contributed by atoms with Gasteiger partial charge in [-0.1, -0.05) is 18.2 Å². The molecule has 0 spiro atoms. The van der Waals surface area contributed by atoms with Crippen molar-refractivity contribution in [3.63, 3.8) is 0 Å². The van der Waals surface area contributed by atoms with Gasteiger partial charge in [0.1, 0.15) is 5.38 Å². The van der Waals surface area contributed by atoms with E-state index in [4.69, 9.17) is 16.3 Å². The lowest BCUT2D eigenvalue weighted by molar-refractivity contribution is -0.116. The number of carbonyl (C=O) groups excluding carboxylic acids is 1. The summed E-state index contributed by atoms with van der Waals surface area (Å²) in [7, 11) is 1.48. The van der Waals surface area contributed by atoms with Crippen LogP contribution in [0, 0.1) is 0 Å². The third-order valence-electron chi connectivity index (χ3n) is 3.33. The van der Waals surface area contributed by atoms with Crippen molar-refractivity contribution in [3.8, 4) is 0 Å². The molecule has 1 heterocycles. The van der Waals surface area contributed by atoms with Gasteiger partial charge < -0.3 is 20.5 Å². The number of alkyl halides is 1. The first-order chi connectivity index (χ1) is 11.3. The average Bonchev–Trinajstić information content (AvgIpc) is 2.53. The molecule has 0 aliphatic heterocycles. The second-order valence-corrected chi connectivity index (χ2v) is 6.67. The van der Waals surface area contributed by atoms with Crippen LogP contribution in [0.2, 0.25) is 0 Å². The molecule has 1 atom stereocenters. The van der Waals surface area contributed by atoms with Gasteiger partial charge in [0, 0.05) is 19.0 Å². The van der Waals surface area contributed by atoms with E-state index in [0.29, 0.717) is 17.9 Å². The molecule has 130 valence electrons. The number of nitrogens with one attached hydrogen (secondary N) is 2. The number of fused-ring (bicyclic) bond motifs is 1. The molecule has 0 aliphatic rings. The molecule has 1 amide bonds. The average molecular weight is 352 g/mol. The first-order valence-corrected chi connectivity index (χ1v) is 8.03. The monoisotopic (exact) mass is 351 g/mol. The summed E-state index contributed by atoms with van der Waals surface area (Å²) < 4.78 is 4.90. The molecule has 0 bridgehead atoms. The highest BCUT2D eigenvalue weighted by molar-refractivity contribution is 6.33. The number of ether oxygens (including phenoxy) is 1. The third kappa shape index (κ3) is 4.80. The molecule has 7 heteroatoms. The predicted molar refractivity (Wildman–Crippen MR) is 96.7 cm³/mol.